The third-order valence-corrected chi connectivity index (χ3v) is 3.67. The number of nitrogens with one attached hydrogen (secondary N) is 1. The lowest BCUT2D eigenvalue weighted by Gasteiger charge is -2.11. The molecule has 0 spiro atoms. The monoisotopic (exact) mass is 321 g/mol. The third-order valence-electron chi connectivity index (χ3n) is 3.08. The average molecular weight is 322 g/mol. The highest BCUT2D eigenvalue weighted by molar-refractivity contribution is 6.35. The molecule has 0 bridgehead atoms. The number of halogens is 2. The maximum Gasteiger partial charge on any atom is 0.224 e. The molecule has 0 saturated carbocycles. The molecule has 0 radical (unpaired) electrons. The summed E-state index contributed by atoms with van der Waals surface area (Å²) in [6.45, 7) is 1.94. The predicted molar refractivity (Wildman–Crippen MR) is 84.4 cm³/mol. The molecule has 1 aliphatic rings. The second kappa shape index (κ2) is 6.33. The minimum atomic E-state index is 0.327. The number of aliphatic imine (C=N–C) groups is 1. The van der Waals surface area contributed by atoms with Crippen molar-refractivity contribution >= 4 is 29.0 Å². The van der Waals surface area contributed by atoms with Crippen molar-refractivity contribution in [1.82, 2.24) is 10.3 Å². The van der Waals surface area contributed by atoms with Crippen LogP contribution in [-0.2, 0) is 6.61 Å². The largest absolute Gasteiger partial charge is 0.472 e. The Bertz CT molecular complexity index is 688. The Balaban J connectivity index is 1.79. The summed E-state index contributed by atoms with van der Waals surface area (Å²) in [6.07, 6.45) is 1.69. The van der Waals surface area contributed by atoms with Crippen molar-refractivity contribution in [2.75, 3.05) is 13.1 Å². The first-order valence-corrected chi connectivity index (χ1v) is 7.30. The third kappa shape index (κ3) is 3.28. The minimum Gasteiger partial charge on any atom is -0.472 e. The van der Waals surface area contributed by atoms with Gasteiger partial charge in [0.1, 0.15) is 12.4 Å². The lowest BCUT2D eigenvalue weighted by molar-refractivity contribution is 0.293. The fraction of sp³-hybridized carbons (Fsp3) is 0.200. The molecule has 2 aromatic rings. The normalized spacial score (nSPS) is 13.7. The maximum absolute atomic E-state index is 6.14. The van der Waals surface area contributed by atoms with Gasteiger partial charge in [-0.1, -0.05) is 29.3 Å². The lowest BCUT2D eigenvalue weighted by atomic mass is 10.2. The van der Waals surface area contributed by atoms with Crippen molar-refractivity contribution in [1.29, 1.82) is 0 Å². The molecular weight excluding hydrogens is 309 g/mol. The van der Waals surface area contributed by atoms with Crippen LogP contribution in [-0.4, -0.2) is 23.9 Å². The summed E-state index contributed by atoms with van der Waals surface area (Å²) in [4.78, 5) is 8.67. The molecule has 21 heavy (non-hydrogen) atoms. The van der Waals surface area contributed by atoms with Crippen molar-refractivity contribution in [2.45, 2.75) is 6.61 Å². The van der Waals surface area contributed by atoms with Crippen molar-refractivity contribution in [3.8, 4) is 5.88 Å². The molecule has 0 saturated heterocycles. The van der Waals surface area contributed by atoms with Gasteiger partial charge in [0.15, 0.2) is 0 Å². The van der Waals surface area contributed by atoms with E-state index < -0.39 is 0 Å². The summed E-state index contributed by atoms with van der Waals surface area (Å²) in [6, 6.07) is 9.12. The van der Waals surface area contributed by atoms with Crippen LogP contribution >= 0.6 is 23.2 Å². The van der Waals surface area contributed by atoms with Gasteiger partial charge in [-0.3, -0.25) is 4.99 Å². The highest BCUT2D eigenvalue weighted by Gasteiger charge is 2.14. The highest BCUT2D eigenvalue weighted by Crippen LogP contribution is 2.23. The molecule has 1 aromatic heterocycles. The molecule has 108 valence electrons. The molecule has 0 fully saturated rings. The molecule has 0 unspecified atom stereocenters. The van der Waals surface area contributed by atoms with Gasteiger partial charge in [0, 0.05) is 28.4 Å². The molecule has 1 aliphatic heterocycles. The number of nitrogens with zero attached hydrogens (tertiary/aromatic N) is 2. The topological polar surface area (TPSA) is 46.5 Å². The second-order valence-corrected chi connectivity index (χ2v) is 5.38. The zero-order valence-corrected chi connectivity index (χ0v) is 12.7. The molecule has 6 heteroatoms. The van der Waals surface area contributed by atoms with Crippen LogP contribution in [0.5, 0.6) is 5.88 Å². The van der Waals surface area contributed by atoms with E-state index in [1.54, 1.807) is 18.3 Å². The molecule has 3 rings (SSSR count). The van der Waals surface area contributed by atoms with Crippen LogP contribution in [0.4, 0.5) is 0 Å². The number of amidine groups is 1. The molecule has 0 amide bonds. The van der Waals surface area contributed by atoms with Crippen LogP contribution in [0.25, 0.3) is 0 Å². The van der Waals surface area contributed by atoms with Crippen LogP contribution in [0.1, 0.15) is 11.1 Å². The molecule has 0 atom stereocenters. The highest BCUT2D eigenvalue weighted by atomic mass is 35.5. The standard InChI is InChI=1S/C15H13Cl2N3O/c16-11-4-3-10(13(17)8-11)9-21-15-12(2-1-5-20-15)14-18-6-7-19-14/h1-5,8H,6-7,9H2,(H,18,19). The quantitative estimate of drug-likeness (QED) is 0.939. The minimum absolute atomic E-state index is 0.327. The van der Waals surface area contributed by atoms with Gasteiger partial charge in [0.05, 0.1) is 12.1 Å². The Hall–Kier alpha value is -1.78. The van der Waals surface area contributed by atoms with Gasteiger partial charge in [-0.2, -0.15) is 0 Å². The van der Waals surface area contributed by atoms with Crippen LogP contribution in [0.15, 0.2) is 41.5 Å². The summed E-state index contributed by atoms with van der Waals surface area (Å²) < 4.78 is 5.80. The van der Waals surface area contributed by atoms with Gasteiger partial charge in [0.25, 0.3) is 0 Å². The number of hydrogen-bond acceptors (Lipinski definition) is 4. The molecule has 0 aliphatic carbocycles. The van der Waals surface area contributed by atoms with E-state index >= 15 is 0 Å². The van der Waals surface area contributed by atoms with Crippen molar-refractivity contribution in [3.05, 3.63) is 57.7 Å². The number of rotatable bonds is 4. The van der Waals surface area contributed by atoms with Gasteiger partial charge >= 0.3 is 0 Å². The Morgan fingerprint density at radius 2 is 2.14 bits per heavy atom. The van der Waals surface area contributed by atoms with Gasteiger partial charge in [-0.15, -0.1) is 0 Å². The van der Waals surface area contributed by atoms with Crippen molar-refractivity contribution in [3.63, 3.8) is 0 Å². The van der Waals surface area contributed by atoms with E-state index in [-0.39, 0.29) is 0 Å². The number of benzene rings is 1. The fourth-order valence-electron chi connectivity index (χ4n) is 2.05. The Morgan fingerprint density at radius 3 is 2.90 bits per heavy atom. The van der Waals surface area contributed by atoms with E-state index in [2.05, 4.69) is 15.3 Å². The first-order valence-electron chi connectivity index (χ1n) is 6.54. The Kier molecular flexibility index (Phi) is 4.27. The Labute approximate surface area is 132 Å². The van der Waals surface area contributed by atoms with Crippen molar-refractivity contribution in [2.24, 2.45) is 4.99 Å². The first-order chi connectivity index (χ1) is 10.2. The van der Waals surface area contributed by atoms with Crippen LogP contribution in [0.2, 0.25) is 10.0 Å². The zero-order chi connectivity index (χ0) is 14.7. The van der Waals surface area contributed by atoms with Gasteiger partial charge in [-0.25, -0.2) is 4.98 Å². The van der Waals surface area contributed by atoms with Gasteiger partial charge in [-0.05, 0) is 24.3 Å². The first kappa shape index (κ1) is 14.2. The summed E-state index contributed by atoms with van der Waals surface area (Å²) in [7, 11) is 0. The van der Waals surface area contributed by atoms with E-state index in [1.165, 1.54) is 0 Å². The fourth-order valence-corrected chi connectivity index (χ4v) is 2.51. The van der Waals surface area contributed by atoms with Crippen molar-refractivity contribution < 1.29 is 4.74 Å². The molecular formula is C15H13Cl2N3O. The summed E-state index contributed by atoms with van der Waals surface area (Å²) in [5.74, 6) is 1.36. The lowest BCUT2D eigenvalue weighted by Crippen LogP contribution is -2.20. The van der Waals surface area contributed by atoms with Crippen LogP contribution in [0.3, 0.4) is 0 Å². The molecule has 2 heterocycles. The molecule has 1 N–H and O–H groups in total. The zero-order valence-electron chi connectivity index (χ0n) is 11.1. The summed E-state index contributed by atoms with van der Waals surface area (Å²) >= 11 is 12.0. The van der Waals surface area contributed by atoms with Crippen LogP contribution < -0.4 is 10.1 Å². The number of aromatic nitrogens is 1. The maximum atomic E-state index is 6.14. The average Bonchev–Trinajstić information content (AvgIpc) is 3.01. The second-order valence-electron chi connectivity index (χ2n) is 4.54. The van der Waals surface area contributed by atoms with Gasteiger partial charge < -0.3 is 10.1 Å². The number of hydrogen-bond donors (Lipinski definition) is 1. The van der Waals surface area contributed by atoms with E-state index in [0.29, 0.717) is 22.5 Å². The van der Waals surface area contributed by atoms with E-state index in [1.807, 2.05) is 18.2 Å². The Morgan fingerprint density at radius 1 is 1.24 bits per heavy atom. The molecule has 1 aromatic carbocycles. The molecule has 4 nitrogen and oxygen atoms in total. The number of pyridine rings is 1. The number of ether oxygens (including phenoxy) is 1. The predicted octanol–water partition coefficient (Wildman–Crippen LogP) is 3.32. The SMILES string of the molecule is Clc1ccc(COc2ncccc2C2=NCCN2)c(Cl)c1. The summed E-state index contributed by atoms with van der Waals surface area (Å²) in [5, 5.41) is 4.40. The van der Waals surface area contributed by atoms with Gasteiger partial charge in [0.2, 0.25) is 5.88 Å². The van der Waals surface area contributed by atoms with E-state index in [0.717, 1.165) is 30.1 Å². The van der Waals surface area contributed by atoms with E-state index in [9.17, 15) is 0 Å². The summed E-state index contributed by atoms with van der Waals surface area (Å²) in [5.41, 5.74) is 1.72. The smallest absolute Gasteiger partial charge is 0.224 e. The van der Waals surface area contributed by atoms with Crippen LogP contribution in [0, 0.1) is 0 Å². The van der Waals surface area contributed by atoms with E-state index in [4.69, 9.17) is 27.9 Å².